The van der Waals surface area contributed by atoms with E-state index in [1.165, 1.54) is 42.4 Å². The lowest BCUT2D eigenvalue weighted by Crippen LogP contribution is -2.41. The highest BCUT2D eigenvalue weighted by atomic mass is 35.5. The summed E-state index contributed by atoms with van der Waals surface area (Å²) in [5, 5.41) is 4.16. The van der Waals surface area contributed by atoms with Gasteiger partial charge in [-0.1, -0.05) is 29.3 Å². The highest BCUT2D eigenvalue weighted by molar-refractivity contribution is 6.35. The van der Waals surface area contributed by atoms with Crippen LogP contribution in [0.15, 0.2) is 36.4 Å². The number of nitrogens with zero attached hydrogens (tertiary/aromatic N) is 3. The number of nitrogens with two attached hydrogens (primary N) is 1. The van der Waals surface area contributed by atoms with Gasteiger partial charge in [-0.3, -0.25) is 19.4 Å². The third kappa shape index (κ3) is 9.66. The molecule has 0 radical (unpaired) electrons. The second-order valence-corrected chi connectivity index (χ2v) is 13.8. The van der Waals surface area contributed by atoms with Crippen molar-refractivity contribution in [2.75, 3.05) is 52.4 Å². The van der Waals surface area contributed by atoms with E-state index in [1.54, 1.807) is 6.07 Å². The van der Waals surface area contributed by atoms with Crippen molar-refractivity contribution in [3.8, 4) is 11.1 Å². The summed E-state index contributed by atoms with van der Waals surface area (Å²) in [7, 11) is 0. The molecule has 3 aliphatic heterocycles. The highest BCUT2D eigenvalue weighted by Gasteiger charge is 2.29. The molecule has 9 heteroatoms. The molecule has 0 spiro atoms. The second kappa shape index (κ2) is 15.7. The van der Waals surface area contributed by atoms with Crippen LogP contribution in [0.2, 0.25) is 10.0 Å². The standard InChI is InChI=1S/C34H47Cl2N5O2/c35-32-18-31(19-33(36)20-32)30-16-26(22-40-8-1-25(2-9-40)21-38-24-42)15-27(17-30)23-41-12-5-29(6-13-41)28-3-10-39(11-4-28)14-7-34(37)43/h15-20,24-25,28-29H,1-14,21-23H2,(H2,37,43)(H,38,42). The third-order valence-corrected chi connectivity index (χ3v) is 10.3. The lowest BCUT2D eigenvalue weighted by Gasteiger charge is -2.40. The minimum Gasteiger partial charge on any atom is -0.370 e. The molecule has 5 rings (SSSR count). The van der Waals surface area contributed by atoms with Crippen molar-refractivity contribution in [1.82, 2.24) is 20.0 Å². The number of amides is 2. The molecule has 0 atom stereocenters. The van der Waals surface area contributed by atoms with E-state index < -0.39 is 0 Å². The lowest BCUT2D eigenvalue weighted by atomic mass is 9.78. The Morgan fingerprint density at radius 3 is 1.74 bits per heavy atom. The number of rotatable bonds is 12. The van der Waals surface area contributed by atoms with E-state index in [2.05, 4.69) is 38.2 Å². The second-order valence-electron chi connectivity index (χ2n) is 13.0. The summed E-state index contributed by atoms with van der Waals surface area (Å²) in [6.45, 7) is 10.0. The van der Waals surface area contributed by atoms with Crippen molar-refractivity contribution >= 4 is 35.5 Å². The zero-order valence-corrected chi connectivity index (χ0v) is 26.8. The number of likely N-dealkylation sites (tertiary alicyclic amines) is 3. The van der Waals surface area contributed by atoms with Gasteiger partial charge in [-0.15, -0.1) is 0 Å². The number of halogens is 2. The Hall–Kier alpha value is -2.16. The van der Waals surface area contributed by atoms with Gasteiger partial charge in [0, 0.05) is 42.6 Å². The summed E-state index contributed by atoms with van der Waals surface area (Å²) >= 11 is 12.8. The molecule has 2 amide bonds. The molecule has 0 aliphatic carbocycles. The molecule has 0 bridgehead atoms. The van der Waals surface area contributed by atoms with E-state index in [4.69, 9.17) is 28.9 Å². The van der Waals surface area contributed by atoms with Gasteiger partial charge >= 0.3 is 0 Å². The Morgan fingerprint density at radius 2 is 1.23 bits per heavy atom. The van der Waals surface area contributed by atoms with Crippen molar-refractivity contribution in [2.45, 2.75) is 58.0 Å². The summed E-state index contributed by atoms with van der Waals surface area (Å²) in [6, 6.07) is 12.8. The van der Waals surface area contributed by atoms with Crippen LogP contribution in [0.3, 0.4) is 0 Å². The predicted octanol–water partition coefficient (Wildman–Crippen LogP) is 5.42. The van der Waals surface area contributed by atoms with Gasteiger partial charge in [0.05, 0.1) is 0 Å². The minimum absolute atomic E-state index is 0.201. The van der Waals surface area contributed by atoms with Gasteiger partial charge in [0.2, 0.25) is 12.3 Å². The lowest BCUT2D eigenvalue weighted by molar-refractivity contribution is -0.118. The molecule has 0 saturated carbocycles. The molecule has 3 N–H and O–H groups in total. The Labute approximate surface area is 267 Å². The van der Waals surface area contributed by atoms with E-state index in [1.807, 2.05) is 12.1 Å². The summed E-state index contributed by atoms with van der Waals surface area (Å²) < 4.78 is 0. The van der Waals surface area contributed by atoms with Gasteiger partial charge in [-0.25, -0.2) is 0 Å². The maximum atomic E-state index is 11.1. The van der Waals surface area contributed by atoms with Crippen molar-refractivity contribution in [3.05, 3.63) is 57.6 Å². The smallest absolute Gasteiger partial charge is 0.218 e. The average Bonchev–Trinajstić information content (AvgIpc) is 3.00. The average molecular weight is 629 g/mol. The van der Waals surface area contributed by atoms with E-state index in [0.717, 1.165) is 102 Å². The first-order valence-corrected chi connectivity index (χ1v) is 16.8. The maximum Gasteiger partial charge on any atom is 0.218 e. The first kappa shape index (κ1) is 32.2. The topological polar surface area (TPSA) is 81.9 Å². The van der Waals surface area contributed by atoms with Gasteiger partial charge in [-0.05, 0) is 148 Å². The van der Waals surface area contributed by atoms with Gasteiger partial charge in [-0.2, -0.15) is 0 Å². The molecule has 234 valence electrons. The maximum absolute atomic E-state index is 11.1. The van der Waals surface area contributed by atoms with Crippen LogP contribution in [-0.4, -0.2) is 79.4 Å². The number of nitrogens with one attached hydrogen (secondary N) is 1. The van der Waals surface area contributed by atoms with Crippen molar-refractivity contribution in [1.29, 1.82) is 0 Å². The largest absolute Gasteiger partial charge is 0.370 e. The normalized spacial score (nSPS) is 20.3. The number of carbonyl (C=O) groups is 2. The van der Waals surface area contributed by atoms with Gasteiger partial charge < -0.3 is 16.0 Å². The minimum atomic E-state index is -0.201. The zero-order chi connectivity index (χ0) is 30.2. The number of primary amides is 1. The summed E-state index contributed by atoms with van der Waals surface area (Å²) in [6.07, 6.45) is 8.49. The first-order valence-electron chi connectivity index (χ1n) is 16.1. The Morgan fingerprint density at radius 1 is 0.744 bits per heavy atom. The SMILES string of the molecule is NC(=O)CCN1CCC(C2CCN(Cc3cc(CN4CCC(CNC=O)CC4)cc(-c4cc(Cl)cc(Cl)c4)c3)CC2)CC1. The fourth-order valence-corrected chi connectivity index (χ4v) is 7.94. The molecule has 7 nitrogen and oxygen atoms in total. The number of hydrogen-bond acceptors (Lipinski definition) is 5. The molecule has 0 aromatic heterocycles. The molecule has 2 aromatic carbocycles. The quantitative estimate of drug-likeness (QED) is 0.307. The summed E-state index contributed by atoms with van der Waals surface area (Å²) in [4.78, 5) is 29.4. The number of benzene rings is 2. The third-order valence-electron chi connectivity index (χ3n) is 9.86. The van der Waals surface area contributed by atoms with Crippen LogP contribution >= 0.6 is 23.2 Å². The van der Waals surface area contributed by atoms with E-state index in [9.17, 15) is 9.59 Å². The van der Waals surface area contributed by atoms with Crippen LogP contribution in [0.1, 0.15) is 56.1 Å². The van der Waals surface area contributed by atoms with Crippen LogP contribution in [0.4, 0.5) is 0 Å². The molecular weight excluding hydrogens is 581 g/mol. The highest BCUT2D eigenvalue weighted by Crippen LogP contribution is 2.34. The van der Waals surface area contributed by atoms with E-state index in [0.29, 0.717) is 22.4 Å². The van der Waals surface area contributed by atoms with Crippen molar-refractivity contribution < 1.29 is 9.59 Å². The van der Waals surface area contributed by atoms with Crippen LogP contribution in [0.25, 0.3) is 11.1 Å². The van der Waals surface area contributed by atoms with E-state index in [-0.39, 0.29) is 5.91 Å². The number of hydrogen-bond donors (Lipinski definition) is 2. The fraction of sp³-hybridized carbons (Fsp3) is 0.588. The van der Waals surface area contributed by atoms with Gasteiger partial charge in [0.15, 0.2) is 0 Å². The van der Waals surface area contributed by atoms with Gasteiger partial charge in [0.25, 0.3) is 0 Å². The number of carbonyl (C=O) groups excluding carboxylic acids is 2. The molecule has 3 saturated heterocycles. The zero-order valence-electron chi connectivity index (χ0n) is 25.3. The monoisotopic (exact) mass is 627 g/mol. The van der Waals surface area contributed by atoms with Gasteiger partial charge in [0.1, 0.15) is 0 Å². The van der Waals surface area contributed by atoms with Crippen molar-refractivity contribution in [2.24, 2.45) is 23.5 Å². The Balaban J connectivity index is 1.20. The van der Waals surface area contributed by atoms with Crippen LogP contribution < -0.4 is 11.1 Å². The van der Waals surface area contributed by atoms with Crippen molar-refractivity contribution in [3.63, 3.8) is 0 Å². The van der Waals surface area contributed by atoms with Crippen LogP contribution in [-0.2, 0) is 22.7 Å². The van der Waals surface area contributed by atoms with E-state index >= 15 is 0 Å². The van der Waals surface area contributed by atoms with Crippen LogP contribution in [0, 0.1) is 17.8 Å². The molecule has 0 unspecified atom stereocenters. The summed E-state index contributed by atoms with van der Waals surface area (Å²) in [5.74, 6) is 1.96. The van der Waals surface area contributed by atoms with Crippen LogP contribution in [0.5, 0.6) is 0 Å². The number of piperidine rings is 3. The molecule has 3 aliphatic rings. The first-order chi connectivity index (χ1) is 20.8. The molecule has 2 aromatic rings. The Kier molecular flexibility index (Phi) is 11.8. The predicted molar refractivity (Wildman–Crippen MR) is 175 cm³/mol. The molecular formula is C34H47Cl2N5O2. The molecule has 43 heavy (non-hydrogen) atoms. The summed E-state index contributed by atoms with van der Waals surface area (Å²) in [5.41, 5.74) is 10.2. The molecule has 3 fully saturated rings. The molecule has 3 heterocycles. The Bertz CT molecular complexity index is 1200. The fourth-order valence-electron chi connectivity index (χ4n) is 7.41.